The fourth-order valence-electron chi connectivity index (χ4n) is 4.02. The summed E-state index contributed by atoms with van der Waals surface area (Å²) in [5.41, 5.74) is 5.38. The maximum Gasteiger partial charge on any atom is 0.277 e. The van der Waals surface area contributed by atoms with Gasteiger partial charge in [-0.15, -0.1) is 0 Å². The number of amides is 1. The Balaban J connectivity index is 1.41. The zero-order valence-electron chi connectivity index (χ0n) is 15.0. The molecule has 27 heavy (non-hydrogen) atoms. The molecule has 134 valence electrons. The normalized spacial score (nSPS) is 15.4. The van der Waals surface area contributed by atoms with E-state index in [4.69, 9.17) is 0 Å². The molecule has 2 aliphatic heterocycles. The van der Waals surface area contributed by atoms with Crippen LogP contribution in [0.4, 0.5) is 11.5 Å². The van der Waals surface area contributed by atoms with Crippen molar-refractivity contribution < 1.29 is 4.79 Å². The summed E-state index contributed by atoms with van der Waals surface area (Å²) in [5.74, 6) is 0.761. The van der Waals surface area contributed by atoms with E-state index >= 15 is 0 Å². The summed E-state index contributed by atoms with van der Waals surface area (Å²) in [6.45, 7) is 2.41. The van der Waals surface area contributed by atoms with Gasteiger partial charge in [0.2, 0.25) is 0 Å². The van der Waals surface area contributed by atoms with Crippen LogP contribution < -0.4 is 9.80 Å². The molecule has 2 aromatic carbocycles. The van der Waals surface area contributed by atoms with Gasteiger partial charge in [-0.05, 0) is 35.6 Å². The van der Waals surface area contributed by atoms with Gasteiger partial charge in [0.15, 0.2) is 0 Å². The highest BCUT2D eigenvalue weighted by molar-refractivity contribution is 6.06. The number of para-hydroxylation sites is 1. The molecule has 0 fully saturated rings. The number of rotatable bonds is 2. The van der Waals surface area contributed by atoms with E-state index in [1.807, 2.05) is 29.2 Å². The second-order valence-corrected chi connectivity index (χ2v) is 7.04. The van der Waals surface area contributed by atoms with E-state index in [-0.39, 0.29) is 5.91 Å². The van der Waals surface area contributed by atoms with Crippen LogP contribution in [0, 0.1) is 0 Å². The minimum absolute atomic E-state index is 0.0546. The molecule has 3 heterocycles. The lowest BCUT2D eigenvalue weighted by Crippen LogP contribution is -2.32. The number of hydrogen-bond acceptors (Lipinski definition) is 4. The minimum Gasteiger partial charge on any atom is -0.352 e. The summed E-state index contributed by atoms with van der Waals surface area (Å²) in [4.78, 5) is 25.8. The van der Waals surface area contributed by atoms with Crippen LogP contribution in [0.1, 0.15) is 27.2 Å². The van der Waals surface area contributed by atoms with Crippen LogP contribution >= 0.6 is 0 Å². The van der Waals surface area contributed by atoms with Gasteiger partial charge >= 0.3 is 0 Å². The topological polar surface area (TPSA) is 49.3 Å². The fraction of sp³-hybridized carbons (Fsp3) is 0.227. The fourth-order valence-corrected chi connectivity index (χ4v) is 4.02. The Morgan fingerprint density at radius 1 is 0.852 bits per heavy atom. The number of anilines is 2. The Hall–Kier alpha value is -3.21. The molecule has 5 rings (SSSR count). The largest absolute Gasteiger partial charge is 0.352 e. The third kappa shape index (κ3) is 2.85. The number of benzene rings is 2. The molecule has 0 bridgehead atoms. The van der Waals surface area contributed by atoms with Crippen molar-refractivity contribution in [3.63, 3.8) is 0 Å². The van der Waals surface area contributed by atoms with E-state index in [0.717, 1.165) is 37.4 Å². The first kappa shape index (κ1) is 16.0. The Morgan fingerprint density at radius 3 is 2.48 bits per heavy atom. The van der Waals surface area contributed by atoms with Crippen LogP contribution in [0.3, 0.4) is 0 Å². The highest BCUT2D eigenvalue weighted by Gasteiger charge is 2.27. The van der Waals surface area contributed by atoms with Crippen LogP contribution in [-0.2, 0) is 19.4 Å². The Morgan fingerprint density at radius 2 is 1.59 bits per heavy atom. The molecule has 5 nitrogen and oxygen atoms in total. The van der Waals surface area contributed by atoms with Crippen molar-refractivity contribution in [2.45, 2.75) is 19.4 Å². The van der Waals surface area contributed by atoms with Gasteiger partial charge in [-0.25, -0.2) is 9.97 Å². The monoisotopic (exact) mass is 356 g/mol. The van der Waals surface area contributed by atoms with E-state index < -0.39 is 0 Å². The number of nitrogens with zero attached hydrogens (tertiary/aromatic N) is 4. The molecule has 0 spiro atoms. The molecular weight excluding hydrogens is 336 g/mol. The van der Waals surface area contributed by atoms with Crippen LogP contribution in [0.5, 0.6) is 0 Å². The molecule has 5 heteroatoms. The molecule has 1 aromatic heterocycles. The molecule has 0 saturated heterocycles. The number of carbonyl (C=O) groups is 1. The highest BCUT2D eigenvalue weighted by Crippen LogP contribution is 2.29. The van der Waals surface area contributed by atoms with Crippen molar-refractivity contribution in [2.75, 3.05) is 22.9 Å². The van der Waals surface area contributed by atoms with Crippen LogP contribution in [0.2, 0.25) is 0 Å². The van der Waals surface area contributed by atoms with Gasteiger partial charge in [-0.1, -0.05) is 42.5 Å². The van der Waals surface area contributed by atoms with Crippen LogP contribution in [0.15, 0.2) is 60.9 Å². The molecule has 2 aliphatic rings. The Kier molecular flexibility index (Phi) is 3.85. The second kappa shape index (κ2) is 6.50. The molecular formula is C22H20N4O. The Labute approximate surface area is 158 Å². The van der Waals surface area contributed by atoms with E-state index in [1.54, 1.807) is 0 Å². The van der Waals surface area contributed by atoms with Crippen molar-refractivity contribution in [1.29, 1.82) is 0 Å². The first-order chi connectivity index (χ1) is 13.3. The maximum absolute atomic E-state index is 13.1. The van der Waals surface area contributed by atoms with Crippen LogP contribution in [-0.4, -0.2) is 29.0 Å². The van der Waals surface area contributed by atoms with E-state index in [9.17, 15) is 4.79 Å². The maximum atomic E-state index is 13.1. The number of fused-ring (bicyclic) bond motifs is 2. The average molecular weight is 356 g/mol. The van der Waals surface area contributed by atoms with E-state index in [1.165, 1.54) is 23.0 Å². The molecule has 0 radical (unpaired) electrons. The summed E-state index contributed by atoms with van der Waals surface area (Å²) in [7, 11) is 0. The summed E-state index contributed by atoms with van der Waals surface area (Å²) in [6, 6.07) is 18.4. The molecule has 3 aromatic rings. The van der Waals surface area contributed by atoms with Crippen molar-refractivity contribution in [1.82, 2.24) is 9.97 Å². The third-order valence-corrected chi connectivity index (χ3v) is 5.46. The van der Waals surface area contributed by atoms with Crippen LogP contribution in [0.25, 0.3) is 0 Å². The van der Waals surface area contributed by atoms with Gasteiger partial charge in [0.1, 0.15) is 17.8 Å². The van der Waals surface area contributed by atoms with Gasteiger partial charge in [0, 0.05) is 31.4 Å². The van der Waals surface area contributed by atoms with Gasteiger partial charge in [-0.2, -0.15) is 0 Å². The first-order valence-electron chi connectivity index (χ1n) is 9.33. The number of aromatic nitrogens is 2. The average Bonchev–Trinajstić information content (AvgIpc) is 3.17. The molecule has 1 amide bonds. The minimum atomic E-state index is -0.0546. The zero-order valence-corrected chi connectivity index (χ0v) is 15.0. The predicted octanol–water partition coefficient (Wildman–Crippen LogP) is 3.24. The third-order valence-electron chi connectivity index (χ3n) is 5.46. The molecule has 0 unspecified atom stereocenters. The summed E-state index contributed by atoms with van der Waals surface area (Å²) < 4.78 is 0. The molecule has 0 N–H and O–H groups in total. The van der Waals surface area contributed by atoms with Crippen molar-refractivity contribution in [3.05, 3.63) is 83.3 Å². The SMILES string of the molecule is O=C(c1cc(N2CCc3ccccc3C2)ncn1)N1CCc2ccccc21. The first-order valence-corrected chi connectivity index (χ1v) is 9.33. The predicted molar refractivity (Wildman–Crippen MR) is 105 cm³/mol. The lowest BCUT2D eigenvalue weighted by Gasteiger charge is -2.29. The van der Waals surface area contributed by atoms with Gasteiger partial charge < -0.3 is 9.80 Å². The van der Waals surface area contributed by atoms with Gasteiger partial charge in [-0.3, -0.25) is 4.79 Å². The smallest absolute Gasteiger partial charge is 0.277 e. The summed E-state index contributed by atoms with van der Waals surface area (Å²) in [6.07, 6.45) is 3.39. The lowest BCUT2D eigenvalue weighted by molar-refractivity contribution is 0.0984. The number of hydrogen-bond donors (Lipinski definition) is 0. The zero-order chi connectivity index (χ0) is 18.2. The van der Waals surface area contributed by atoms with Gasteiger partial charge in [0.25, 0.3) is 5.91 Å². The van der Waals surface area contributed by atoms with E-state index in [2.05, 4.69) is 45.2 Å². The molecule has 0 atom stereocenters. The second-order valence-electron chi connectivity index (χ2n) is 7.04. The van der Waals surface area contributed by atoms with Crippen molar-refractivity contribution in [3.8, 4) is 0 Å². The lowest BCUT2D eigenvalue weighted by atomic mass is 10.00. The standard InChI is InChI=1S/C22H20N4O/c27-22(26-12-10-17-6-3-4-8-20(17)26)19-13-21(24-15-23-19)25-11-9-16-5-1-2-7-18(16)14-25/h1-8,13,15H,9-12,14H2. The molecule has 0 aliphatic carbocycles. The van der Waals surface area contributed by atoms with Crippen molar-refractivity contribution >= 4 is 17.4 Å². The van der Waals surface area contributed by atoms with Gasteiger partial charge in [0.05, 0.1) is 0 Å². The number of carbonyl (C=O) groups excluding carboxylic acids is 1. The van der Waals surface area contributed by atoms with Crippen molar-refractivity contribution in [2.24, 2.45) is 0 Å². The van der Waals surface area contributed by atoms with E-state index in [0.29, 0.717) is 12.2 Å². The Bertz CT molecular complexity index is 1020. The summed E-state index contributed by atoms with van der Waals surface area (Å²) in [5, 5.41) is 0. The summed E-state index contributed by atoms with van der Waals surface area (Å²) >= 11 is 0. The quantitative estimate of drug-likeness (QED) is 0.707. The molecule has 0 saturated carbocycles. The highest BCUT2D eigenvalue weighted by atomic mass is 16.2.